The number of aliphatic hydroxyl groups excluding tert-OH is 3. The van der Waals surface area contributed by atoms with Gasteiger partial charge in [-0.15, -0.1) is 0 Å². The van der Waals surface area contributed by atoms with Gasteiger partial charge in [-0.25, -0.2) is 4.98 Å². The van der Waals surface area contributed by atoms with E-state index in [0.29, 0.717) is 23.4 Å². The fraction of sp³-hybridized carbons (Fsp3) is 0.438. The number of aliphatic hydroxyl groups is 3. The van der Waals surface area contributed by atoms with Gasteiger partial charge >= 0.3 is 0 Å². The van der Waals surface area contributed by atoms with Gasteiger partial charge in [-0.3, -0.25) is 4.98 Å². The zero-order valence-electron chi connectivity index (χ0n) is 13.6. The number of hydrogen-bond donors (Lipinski definition) is 5. The van der Waals surface area contributed by atoms with Crippen molar-refractivity contribution in [1.82, 2.24) is 15.0 Å². The molecule has 4 atom stereocenters. The predicted molar refractivity (Wildman–Crippen MR) is 94.0 cm³/mol. The maximum atomic E-state index is 10.2. The lowest BCUT2D eigenvalue weighted by Crippen LogP contribution is -2.35. The third-order valence-corrected chi connectivity index (χ3v) is 4.71. The molecular formula is C16H20ClN5O3. The lowest BCUT2D eigenvalue weighted by molar-refractivity contribution is 0.00446. The molecule has 0 bridgehead atoms. The highest BCUT2D eigenvalue weighted by Crippen LogP contribution is 2.36. The first kappa shape index (κ1) is 17.8. The first-order valence-corrected chi connectivity index (χ1v) is 8.28. The van der Waals surface area contributed by atoms with Gasteiger partial charge in [0, 0.05) is 30.0 Å². The summed E-state index contributed by atoms with van der Waals surface area (Å²) in [6.45, 7) is 1.66. The monoisotopic (exact) mass is 365 g/mol. The number of nitrogens with two attached hydrogens (primary N) is 1. The Hall–Kier alpha value is -2.00. The van der Waals surface area contributed by atoms with Crippen molar-refractivity contribution in [2.45, 2.75) is 31.6 Å². The number of aromatic nitrogens is 3. The molecule has 3 rings (SSSR count). The van der Waals surface area contributed by atoms with Crippen molar-refractivity contribution >= 4 is 23.4 Å². The van der Waals surface area contributed by atoms with E-state index in [-0.39, 0.29) is 17.7 Å². The van der Waals surface area contributed by atoms with E-state index in [2.05, 4.69) is 20.3 Å². The molecule has 0 amide bonds. The van der Waals surface area contributed by atoms with Crippen LogP contribution in [0.1, 0.15) is 12.1 Å². The Morgan fingerprint density at radius 1 is 1.28 bits per heavy atom. The molecular weight excluding hydrogens is 346 g/mol. The summed E-state index contributed by atoms with van der Waals surface area (Å²) in [4.78, 5) is 12.4. The second kappa shape index (κ2) is 7.09. The third-order valence-electron chi connectivity index (χ3n) is 4.44. The first-order valence-electron chi connectivity index (χ1n) is 7.90. The van der Waals surface area contributed by atoms with E-state index in [1.807, 2.05) is 19.1 Å². The molecule has 0 unspecified atom stereocenters. The van der Waals surface area contributed by atoms with E-state index in [1.54, 1.807) is 6.20 Å². The number of nitrogens with zero attached hydrogens (tertiary/aromatic N) is 3. The number of rotatable bonds is 4. The summed E-state index contributed by atoms with van der Waals surface area (Å²) in [7, 11) is 0. The van der Waals surface area contributed by atoms with Crippen molar-refractivity contribution in [3.63, 3.8) is 0 Å². The zero-order valence-corrected chi connectivity index (χ0v) is 14.4. The molecule has 0 aliphatic heterocycles. The van der Waals surface area contributed by atoms with E-state index in [4.69, 9.17) is 17.3 Å². The Labute approximate surface area is 149 Å². The summed E-state index contributed by atoms with van der Waals surface area (Å²) in [5.74, 6) is -0.0762. The van der Waals surface area contributed by atoms with Gasteiger partial charge in [-0.1, -0.05) is 17.7 Å². The predicted octanol–water partition coefficient (Wildman–Crippen LogP) is 0.597. The molecule has 0 spiro atoms. The van der Waals surface area contributed by atoms with E-state index in [1.165, 1.54) is 0 Å². The summed E-state index contributed by atoms with van der Waals surface area (Å²) in [6.07, 6.45) is -0.0262. The van der Waals surface area contributed by atoms with Crippen LogP contribution >= 0.6 is 11.6 Å². The lowest BCUT2D eigenvalue weighted by atomic mass is 10.1. The lowest BCUT2D eigenvalue weighted by Gasteiger charge is -2.21. The van der Waals surface area contributed by atoms with Gasteiger partial charge in [0.25, 0.3) is 0 Å². The average molecular weight is 366 g/mol. The van der Waals surface area contributed by atoms with Crippen molar-refractivity contribution in [2.24, 2.45) is 5.92 Å². The van der Waals surface area contributed by atoms with Crippen LogP contribution in [0.4, 0.5) is 11.8 Å². The maximum absolute atomic E-state index is 10.2. The Kier molecular flexibility index (Phi) is 5.05. The van der Waals surface area contributed by atoms with Crippen LogP contribution in [0.25, 0.3) is 11.1 Å². The molecule has 1 saturated carbocycles. The Morgan fingerprint density at radius 3 is 2.64 bits per heavy atom. The Morgan fingerprint density at radius 2 is 2.04 bits per heavy atom. The minimum atomic E-state index is -1.05. The fourth-order valence-electron chi connectivity index (χ4n) is 3.05. The average Bonchev–Trinajstić information content (AvgIpc) is 2.84. The molecule has 134 valence electrons. The number of anilines is 2. The van der Waals surface area contributed by atoms with Crippen LogP contribution in [0, 0.1) is 12.8 Å². The minimum Gasteiger partial charge on any atom is -0.396 e. The highest BCUT2D eigenvalue weighted by molar-refractivity contribution is 6.32. The van der Waals surface area contributed by atoms with Crippen molar-refractivity contribution in [1.29, 1.82) is 0 Å². The summed E-state index contributed by atoms with van der Waals surface area (Å²) in [5, 5.41) is 32.8. The zero-order chi connectivity index (χ0) is 18.1. The molecule has 2 aromatic rings. The van der Waals surface area contributed by atoms with Gasteiger partial charge in [0.2, 0.25) is 5.95 Å². The molecule has 25 heavy (non-hydrogen) atoms. The summed E-state index contributed by atoms with van der Waals surface area (Å²) in [6, 6.07) is 3.17. The number of hydrogen-bond acceptors (Lipinski definition) is 8. The van der Waals surface area contributed by atoms with E-state index in [0.717, 1.165) is 5.69 Å². The van der Waals surface area contributed by atoms with E-state index in [9.17, 15) is 15.3 Å². The minimum absolute atomic E-state index is 0.0111. The number of aryl methyl sites for hydroxylation is 1. The first-order chi connectivity index (χ1) is 11.9. The summed E-state index contributed by atoms with van der Waals surface area (Å²) >= 11 is 6.26. The fourth-order valence-corrected chi connectivity index (χ4v) is 3.34. The van der Waals surface area contributed by atoms with Crippen LogP contribution in [0.3, 0.4) is 0 Å². The van der Waals surface area contributed by atoms with Gasteiger partial charge in [0.1, 0.15) is 17.1 Å². The second-order valence-electron chi connectivity index (χ2n) is 6.19. The van der Waals surface area contributed by atoms with Crippen molar-refractivity contribution < 1.29 is 15.3 Å². The van der Waals surface area contributed by atoms with E-state index < -0.39 is 24.2 Å². The van der Waals surface area contributed by atoms with Crippen LogP contribution in [0.5, 0.6) is 0 Å². The van der Waals surface area contributed by atoms with Gasteiger partial charge in [-0.2, -0.15) is 4.98 Å². The summed E-state index contributed by atoms with van der Waals surface area (Å²) < 4.78 is 0. The van der Waals surface area contributed by atoms with Gasteiger partial charge in [0.05, 0.1) is 17.7 Å². The molecule has 1 fully saturated rings. The highest BCUT2D eigenvalue weighted by atomic mass is 35.5. The molecule has 0 saturated heterocycles. The number of pyridine rings is 1. The van der Waals surface area contributed by atoms with Crippen LogP contribution in [-0.4, -0.2) is 55.1 Å². The van der Waals surface area contributed by atoms with Crippen molar-refractivity contribution in [3.05, 3.63) is 29.2 Å². The normalized spacial score (nSPS) is 26.0. The van der Waals surface area contributed by atoms with Gasteiger partial charge in [0.15, 0.2) is 0 Å². The third kappa shape index (κ3) is 3.52. The molecule has 2 aromatic heterocycles. The number of nitrogens with one attached hydrogen (secondary N) is 1. The molecule has 1 aliphatic rings. The highest BCUT2D eigenvalue weighted by Gasteiger charge is 2.41. The molecule has 2 heterocycles. The number of nitrogen functional groups attached to an aromatic ring is 1. The quantitative estimate of drug-likeness (QED) is 0.496. The molecule has 8 nitrogen and oxygen atoms in total. The number of halogens is 1. The molecule has 0 radical (unpaired) electrons. The van der Waals surface area contributed by atoms with E-state index >= 15 is 0 Å². The molecule has 1 aliphatic carbocycles. The maximum Gasteiger partial charge on any atom is 0.223 e. The van der Waals surface area contributed by atoms with Gasteiger partial charge in [-0.05, 0) is 19.4 Å². The standard InChI is InChI=1S/C16H20ClN5O3/c1-7-2-3-8(5-19-7)11-14(17)21-16(18)22-15(11)20-10-4-9(6-23)12(24)13(10)25/h2-3,5,9-10,12-13,23-25H,4,6H2,1H3,(H3,18,20,21,22)/t9-,10-,12-,13+/m1/s1. The largest absolute Gasteiger partial charge is 0.396 e. The summed E-state index contributed by atoms with van der Waals surface area (Å²) in [5.41, 5.74) is 7.77. The molecule has 6 N–H and O–H groups in total. The van der Waals surface area contributed by atoms with Crippen LogP contribution in [0.2, 0.25) is 5.15 Å². The SMILES string of the molecule is Cc1ccc(-c2c(Cl)nc(N)nc2N[C@@H]2C[C@H](CO)[C@@H](O)[C@H]2O)cn1. The van der Waals surface area contributed by atoms with Crippen molar-refractivity contribution in [3.8, 4) is 11.1 Å². The van der Waals surface area contributed by atoms with Gasteiger partial charge < -0.3 is 26.4 Å². The Balaban J connectivity index is 1.97. The molecule has 0 aromatic carbocycles. The van der Waals surface area contributed by atoms with Crippen molar-refractivity contribution in [2.75, 3.05) is 17.7 Å². The van der Waals surface area contributed by atoms with Crippen LogP contribution in [0.15, 0.2) is 18.3 Å². The Bertz CT molecular complexity index is 758. The smallest absolute Gasteiger partial charge is 0.223 e. The van der Waals surface area contributed by atoms with Crippen LogP contribution < -0.4 is 11.1 Å². The topological polar surface area (TPSA) is 137 Å². The van der Waals surface area contributed by atoms with Crippen LogP contribution in [-0.2, 0) is 0 Å². The molecule has 9 heteroatoms. The second-order valence-corrected chi connectivity index (χ2v) is 6.55.